The van der Waals surface area contributed by atoms with Crippen LogP contribution < -0.4 is 5.32 Å². The maximum Gasteiger partial charge on any atom is 0.184 e. The van der Waals surface area contributed by atoms with Gasteiger partial charge in [0, 0.05) is 6.20 Å². The lowest BCUT2D eigenvalue weighted by atomic mass is 10.2. The van der Waals surface area contributed by atoms with Crippen molar-refractivity contribution in [3.05, 3.63) is 47.8 Å². The molecule has 4 nitrogen and oxygen atoms in total. The van der Waals surface area contributed by atoms with Gasteiger partial charge in [0.05, 0.1) is 22.5 Å². The first kappa shape index (κ1) is 12.0. The second-order valence-electron chi connectivity index (χ2n) is 4.24. The third-order valence-corrected chi connectivity index (χ3v) is 3.89. The van der Waals surface area contributed by atoms with Gasteiger partial charge in [-0.25, -0.2) is 4.98 Å². The topological polar surface area (TPSA) is 50.7 Å². The SMILES string of the molecule is CCc1ccc2nc(NCc3cccnn3)sc2c1. The van der Waals surface area contributed by atoms with Crippen LogP contribution in [0, 0.1) is 0 Å². The lowest BCUT2D eigenvalue weighted by Crippen LogP contribution is -2.01. The van der Waals surface area contributed by atoms with Gasteiger partial charge < -0.3 is 5.32 Å². The summed E-state index contributed by atoms with van der Waals surface area (Å²) >= 11 is 1.68. The number of rotatable bonds is 4. The summed E-state index contributed by atoms with van der Waals surface area (Å²) in [5, 5.41) is 12.1. The van der Waals surface area contributed by atoms with Crippen molar-refractivity contribution in [1.29, 1.82) is 0 Å². The number of thiazole rings is 1. The summed E-state index contributed by atoms with van der Waals surface area (Å²) in [6.45, 7) is 2.81. The number of aromatic nitrogens is 3. The second-order valence-corrected chi connectivity index (χ2v) is 5.27. The van der Waals surface area contributed by atoms with Gasteiger partial charge in [0.2, 0.25) is 0 Å². The fourth-order valence-electron chi connectivity index (χ4n) is 1.86. The number of nitrogens with zero attached hydrogens (tertiary/aromatic N) is 3. The van der Waals surface area contributed by atoms with Crippen molar-refractivity contribution in [2.75, 3.05) is 5.32 Å². The summed E-state index contributed by atoms with van der Waals surface area (Å²) in [4.78, 5) is 4.56. The lowest BCUT2D eigenvalue weighted by Gasteiger charge is -1.99. The Morgan fingerprint density at radius 2 is 2.21 bits per heavy atom. The molecular formula is C14H14N4S. The average molecular weight is 270 g/mol. The summed E-state index contributed by atoms with van der Waals surface area (Å²) in [7, 11) is 0. The van der Waals surface area contributed by atoms with Gasteiger partial charge >= 0.3 is 0 Å². The Kier molecular flexibility index (Phi) is 3.37. The van der Waals surface area contributed by atoms with Crippen molar-refractivity contribution in [1.82, 2.24) is 15.2 Å². The first-order valence-corrected chi connectivity index (χ1v) is 7.06. The van der Waals surface area contributed by atoms with Crippen LogP contribution in [0.2, 0.25) is 0 Å². The zero-order valence-electron chi connectivity index (χ0n) is 10.6. The molecule has 0 saturated carbocycles. The van der Waals surface area contributed by atoms with E-state index in [1.54, 1.807) is 17.5 Å². The molecule has 5 heteroatoms. The van der Waals surface area contributed by atoms with Crippen molar-refractivity contribution in [2.24, 2.45) is 0 Å². The third-order valence-electron chi connectivity index (χ3n) is 2.91. The van der Waals surface area contributed by atoms with Gasteiger partial charge in [0.25, 0.3) is 0 Å². The zero-order chi connectivity index (χ0) is 13.1. The molecule has 0 amide bonds. The molecule has 0 saturated heterocycles. The Balaban J connectivity index is 1.78. The molecule has 0 aliphatic rings. The highest BCUT2D eigenvalue weighted by atomic mass is 32.1. The number of aryl methyl sites for hydroxylation is 1. The van der Waals surface area contributed by atoms with Gasteiger partial charge in [0.1, 0.15) is 0 Å². The predicted molar refractivity (Wildman–Crippen MR) is 78.4 cm³/mol. The van der Waals surface area contributed by atoms with Crippen molar-refractivity contribution in [3.63, 3.8) is 0 Å². The molecule has 1 N–H and O–H groups in total. The average Bonchev–Trinajstić information content (AvgIpc) is 2.88. The Bertz CT molecular complexity index is 678. The van der Waals surface area contributed by atoms with E-state index in [-0.39, 0.29) is 0 Å². The highest BCUT2D eigenvalue weighted by molar-refractivity contribution is 7.22. The summed E-state index contributed by atoms with van der Waals surface area (Å²) < 4.78 is 1.22. The van der Waals surface area contributed by atoms with Gasteiger partial charge in [-0.05, 0) is 36.2 Å². The Labute approximate surface area is 115 Å². The number of benzene rings is 1. The Hall–Kier alpha value is -2.01. The number of hydrogen-bond donors (Lipinski definition) is 1. The quantitative estimate of drug-likeness (QED) is 0.790. The van der Waals surface area contributed by atoms with Gasteiger partial charge in [0.15, 0.2) is 5.13 Å². The summed E-state index contributed by atoms with van der Waals surface area (Å²) in [5.41, 5.74) is 3.30. The Morgan fingerprint density at radius 1 is 1.26 bits per heavy atom. The van der Waals surface area contributed by atoms with Crippen molar-refractivity contribution in [3.8, 4) is 0 Å². The van der Waals surface area contributed by atoms with Crippen LogP contribution in [0.15, 0.2) is 36.5 Å². The minimum atomic E-state index is 0.647. The van der Waals surface area contributed by atoms with E-state index < -0.39 is 0 Å². The number of hydrogen-bond acceptors (Lipinski definition) is 5. The van der Waals surface area contributed by atoms with Crippen LogP contribution in [-0.2, 0) is 13.0 Å². The van der Waals surface area contributed by atoms with Gasteiger partial charge in [-0.2, -0.15) is 10.2 Å². The number of nitrogens with one attached hydrogen (secondary N) is 1. The maximum atomic E-state index is 4.56. The molecule has 0 fully saturated rings. The molecule has 0 bridgehead atoms. The zero-order valence-corrected chi connectivity index (χ0v) is 11.4. The van der Waals surface area contributed by atoms with E-state index in [1.165, 1.54) is 10.3 Å². The van der Waals surface area contributed by atoms with E-state index in [0.717, 1.165) is 22.8 Å². The van der Waals surface area contributed by atoms with Gasteiger partial charge in [-0.3, -0.25) is 0 Å². The van der Waals surface area contributed by atoms with E-state index in [0.29, 0.717) is 6.54 Å². The molecule has 0 atom stereocenters. The molecule has 1 aromatic carbocycles. The monoisotopic (exact) mass is 270 g/mol. The normalized spacial score (nSPS) is 10.8. The molecular weight excluding hydrogens is 256 g/mol. The van der Waals surface area contributed by atoms with Gasteiger partial charge in [-0.1, -0.05) is 24.3 Å². The summed E-state index contributed by atoms with van der Waals surface area (Å²) in [5.74, 6) is 0. The van der Waals surface area contributed by atoms with Crippen molar-refractivity contribution < 1.29 is 0 Å². The van der Waals surface area contributed by atoms with Crippen LogP contribution in [-0.4, -0.2) is 15.2 Å². The first-order valence-electron chi connectivity index (χ1n) is 6.25. The predicted octanol–water partition coefficient (Wildman–Crippen LogP) is 3.26. The molecule has 19 heavy (non-hydrogen) atoms. The number of anilines is 1. The van der Waals surface area contributed by atoms with Crippen LogP contribution in [0.4, 0.5) is 5.13 Å². The van der Waals surface area contributed by atoms with Gasteiger partial charge in [-0.15, -0.1) is 0 Å². The molecule has 0 unspecified atom stereocenters. The van der Waals surface area contributed by atoms with Crippen LogP contribution in [0.5, 0.6) is 0 Å². The molecule has 2 aromatic heterocycles. The smallest absolute Gasteiger partial charge is 0.184 e. The minimum Gasteiger partial charge on any atom is -0.356 e. The first-order chi connectivity index (χ1) is 9.35. The number of fused-ring (bicyclic) bond motifs is 1. The Morgan fingerprint density at radius 3 is 3.00 bits per heavy atom. The fourth-order valence-corrected chi connectivity index (χ4v) is 2.78. The van der Waals surface area contributed by atoms with Crippen molar-refractivity contribution >= 4 is 26.7 Å². The van der Waals surface area contributed by atoms with E-state index in [2.05, 4.69) is 45.6 Å². The molecule has 0 aliphatic carbocycles. The molecule has 0 radical (unpaired) electrons. The highest BCUT2D eigenvalue weighted by Gasteiger charge is 2.04. The standard InChI is InChI=1S/C14H14N4S/c1-2-10-5-6-12-13(8-10)19-14(17-12)15-9-11-4-3-7-16-18-11/h3-8H,2,9H2,1H3,(H,15,17). The molecule has 0 spiro atoms. The van der Waals surface area contributed by atoms with E-state index >= 15 is 0 Å². The third kappa shape index (κ3) is 2.71. The minimum absolute atomic E-state index is 0.647. The van der Waals surface area contributed by atoms with E-state index in [4.69, 9.17) is 0 Å². The molecule has 3 rings (SSSR count). The molecule has 0 aliphatic heterocycles. The highest BCUT2D eigenvalue weighted by Crippen LogP contribution is 2.27. The fraction of sp³-hybridized carbons (Fsp3) is 0.214. The van der Waals surface area contributed by atoms with E-state index in [1.807, 2.05) is 12.1 Å². The lowest BCUT2D eigenvalue weighted by molar-refractivity contribution is 0.924. The van der Waals surface area contributed by atoms with Crippen molar-refractivity contribution in [2.45, 2.75) is 19.9 Å². The molecule has 2 heterocycles. The molecule has 3 aromatic rings. The van der Waals surface area contributed by atoms with Crippen LogP contribution >= 0.6 is 11.3 Å². The molecule has 96 valence electrons. The van der Waals surface area contributed by atoms with Crippen LogP contribution in [0.3, 0.4) is 0 Å². The van der Waals surface area contributed by atoms with Crippen LogP contribution in [0.25, 0.3) is 10.2 Å². The summed E-state index contributed by atoms with van der Waals surface area (Å²) in [6.07, 6.45) is 2.73. The second kappa shape index (κ2) is 5.32. The summed E-state index contributed by atoms with van der Waals surface area (Å²) in [6, 6.07) is 10.3. The largest absolute Gasteiger partial charge is 0.356 e. The van der Waals surface area contributed by atoms with Crippen LogP contribution in [0.1, 0.15) is 18.2 Å². The maximum absolute atomic E-state index is 4.56. The van der Waals surface area contributed by atoms with E-state index in [9.17, 15) is 0 Å².